The summed E-state index contributed by atoms with van der Waals surface area (Å²) in [6, 6.07) is 0. The molecule has 2 nitrogen and oxygen atoms in total. The normalized spacial score (nSPS) is 38.2. The van der Waals surface area contributed by atoms with Gasteiger partial charge in [0.15, 0.2) is 0 Å². The van der Waals surface area contributed by atoms with Crippen molar-refractivity contribution in [1.29, 1.82) is 0 Å². The van der Waals surface area contributed by atoms with E-state index in [0.29, 0.717) is 11.8 Å². The first-order chi connectivity index (χ1) is 9.72. The van der Waals surface area contributed by atoms with Crippen LogP contribution in [0.4, 0.5) is 0 Å². The van der Waals surface area contributed by atoms with E-state index in [2.05, 4.69) is 27.8 Å². The van der Waals surface area contributed by atoms with Crippen molar-refractivity contribution in [2.75, 3.05) is 18.4 Å². The van der Waals surface area contributed by atoms with Gasteiger partial charge in [0.1, 0.15) is 0 Å². The third kappa shape index (κ3) is 2.80. The van der Waals surface area contributed by atoms with Crippen molar-refractivity contribution < 1.29 is 4.79 Å². The lowest BCUT2D eigenvalue weighted by Gasteiger charge is -2.54. The molecule has 3 heteroatoms. The third-order valence-electron chi connectivity index (χ3n) is 5.96. The molecule has 0 spiro atoms. The molecule has 4 bridgehead atoms. The summed E-state index contributed by atoms with van der Waals surface area (Å²) in [5.74, 6) is 4.23. The maximum absolute atomic E-state index is 13.0. The Morgan fingerprint density at radius 1 is 1.05 bits per heavy atom. The molecule has 1 amide bonds. The highest BCUT2D eigenvalue weighted by molar-refractivity contribution is 9.09. The van der Waals surface area contributed by atoms with Crippen LogP contribution in [0, 0.1) is 29.6 Å². The molecule has 20 heavy (non-hydrogen) atoms. The average Bonchev–Trinajstić information content (AvgIpc) is 2.42. The predicted octanol–water partition coefficient (Wildman–Crippen LogP) is 4.08. The minimum absolute atomic E-state index is 0.374. The molecule has 0 N–H and O–H groups in total. The summed E-state index contributed by atoms with van der Waals surface area (Å²) in [6.45, 7) is 4.06. The highest BCUT2D eigenvalue weighted by atomic mass is 79.9. The first kappa shape index (κ1) is 14.9. The molecule has 0 saturated heterocycles. The first-order valence-corrected chi connectivity index (χ1v) is 9.69. The molecular formula is C17H28BrNO. The minimum Gasteiger partial charge on any atom is -0.342 e. The van der Waals surface area contributed by atoms with Gasteiger partial charge in [0.2, 0.25) is 5.91 Å². The van der Waals surface area contributed by atoms with E-state index in [4.69, 9.17) is 0 Å². The number of alkyl halides is 1. The van der Waals surface area contributed by atoms with Crippen LogP contribution in [0.5, 0.6) is 0 Å². The van der Waals surface area contributed by atoms with Crippen molar-refractivity contribution in [1.82, 2.24) is 4.90 Å². The topological polar surface area (TPSA) is 20.3 Å². The van der Waals surface area contributed by atoms with E-state index < -0.39 is 0 Å². The summed E-state index contributed by atoms with van der Waals surface area (Å²) in [6.07, 6.45) is 9.17. The standard InChI is InChI=1S/C17H28BrNO/c1-2-3-5-19(6-4-18)17(20)16-14-8-12-7-13(10-14)11-15(16)9-12/h12-16H,2-11H2,1H3. The molecule has 4 fully saturated rings. The smallest absolute Gasteiger partial charge is 0.226 e. The largest absolute Gasteiger partial charge is 0.342 e. The Bertz CT molecular complexity index is 329. The number of carbonyl (C=O) groups is 1. The monoisotopic (exact) mass is 341 g/mol. The van der Waals surface area contributed by atoms with Gasteiger partial charge in [-0.2, -0.15) is 0 Å². The number of carbonyl (C=O) groups excluding carboxylic acids is 1. The fourth-order valence-electron chi connectivity index (χ4n) is 5.32. The predicted molar refractivity (Wildman–Crippen MR) is 85.8 cm³/mol. The quantitative estimate of drug-likeness (QED) is 0.666. The summed E-state index contributed by atoms with van der Waals surface area (Å²) in [4.78, 5) is 15.2. The number of rotatable bonds is 6. The molecule has 0 unspecified atom stereocenters. The van der Waals surface area contributed by atoms with E-state index >= 15 is 0 Å². The van der Waals surface area contributed by atoms with Gasteiger partial charge in [0, 0.05) is 24.3 Å². The van der Waals surface area contributed by atoms with Crippen LogP contribution in [0.15, 0.2) is 0 Å². The second-order valence-electron chi connectivity index (χ2n) is 7.32. The van der Waals surface area contributed by atoms with E-state index in [1.165, 1.54) is 38.5 Å². The molecule has 4 rings (SSSR count). The highest BCUT2D eigenvalue weighted by Crippen LogP contribution is 2.56. The third-order valence-corrected chi connectivity index (χ3v) is 6.31. The zero-order valence-corrected chi connectivity index (χ0v) is 14.3. The van der Waals surface area contributed by atoms with Crippen LogP contribution in [-0.4, -0.2) is 29.2 Å². The number of nitrogens with zero attached hydrogens (tertiary/aromatic N) is 1. The Hall–Kier alpha value is -0.0500. The van der Waals surface area contributed by atoms with Gasteiger partial charge in [0.25, 0.3) is 0 Å². The van der Waals surface area contributed by atoms with Crippen LogP contribution in [-0.2, 0) is 4.79 Å². The number of hydrogen-bond acceptors (Lipinski definition) is 1. The van der Waals surface area contributed by atoms with Gasteiger partial charge in [-0.3, -0.25) is 4.79 Å². The molecule has 114 valence electrons. The van der Waals surface area contributed by atoms with E-state index in [9.17, 15) is 4.79 Å². The molecule has 0 aromatic rings. The average molecular weight is 342 g/mol. The lowest BCUT2D eigenvalue weighted by Crippen LogP contribution is -2.52. The van der Waals surface area contributed by atoms with Gasteiger partial charge in [-0.25, -0.2) is 0 Å². The van der Waals surface area contributed by atoms with Crippen LogP contribution in [0.2, 0.25) is 0 Å². The van der Waals surface area contributed by atoms with Gasteiger partial charge < -0.3 is 4.90 Å². The zero-order chi connectivity index (χ0) is 14.1. The molecule has 0 aliphatic heterocycles. The van der Waals surface area contributed by atoms with E-state index in [-0.39, 0.29) is 0 Å². The molecular weight excluding hydrogens is 314 g/mol. The minimum atomic E-state index is 0.374. The van der Waals surface area contributed by atoms with Gasteiger partial charge in [-0.15, -0.1) is 0 Å². The molecule has 0 radical (unpaired) electrons. The molecule has 0 aromatic heterocycles. The Morgan fingerprint density at radius 2 is 1.65 bits per heavy atom. The lowest BCUT2D eigenvalue weighted by atomic mass is 9.51. The summed E-state index contributed by atoms with van der Waals surface area (Å²) in [5.41, 5.74) is 0. The van der Waals surface area contributed by atoms with Crippen LogP contribution in [0.3, 0.4) is 0 Å². The van der Waals surface area contributed by atoms with Crippen molar-refractivity contribution in [3.8, 4) is 0 Å². The molecule has 4 saturated carbocycles. The number of amides is 1. The highest BCUT2D eigenvalue weighted by Gasteiger charge is 2.51. The summed E-state index contributed by atoms with van der Waals surface area (Å²) in [5, 5.41) is 0.912. The van der Waals surface area contributed by atoms with Gasteiger partial charge >= 0.3 is 0 Å². The first-order valence-electron chi connectivity index (χ1n) is 8.57. The van der Waals surface area contributed by atoms with Gasteiger partial charge in [-0.05, 0) is 62.2 Å². The Kier molecular flexibility index (Phi) is 4.74. The van der Waals surface area contributed by atoms with Crippen LogP contribution in [0.1, 0.15) is 51.9 Å². The second-order valence-corrected chi connectivity index (χ2v) is 8.12. The zero-order valence-electron chi connectivity index (χ0n) is 12.7. The van der Waals surface area contributed by atoms with E-state index in [1.807, 2.05) is 0 Å². The molecule has 0 heterocycles. The van der Waals surface area contributed by atoms with Crippen molar-refractivity contribution in [2.24, 2.45) is 29.6 Å². The maximum Gasteiger partial charge on any atom is 0.226 e. The van der Waals surface area contributed by atoms with E-state index in [1.54, 1.807) is 0 Å². The van der Waals surface area contributed by atoms with Crippen LogP contribution >= 0.6 is 15.9 Å². The molecule has 0 aromatic carbocycles. The summed E-state index contributed by atoms with van der Waals surface area (Å²) in [7, 11) is 0. The second kappa shape index (κ2) is 6.37. The fourth-order valence-corrected chi connectivity index (χ4v) is 5.75. The fraction of sp³-hybridized carbons (Fsp3) is 0.941. The maximum atomic E-state index is 13.0. The van der Waals surface area contributed by atoms with Crippen molar-refractivity contribution in [3.63, 3.8) is 0 Å². The Morgan fingerprint density at radius 3 is 2.15 bits per heavy atom. The Labute approximate surface area is 131 Å². The van der Waals surface area contributed by atoms with Crippen molar-refractivity contribution in [2.45, 2.75) is 51.9 Å². The van der Waals surface area contributed by atoms with Crippen LogP contribution in [0.25, 0.3) is 0 Å². The summed E-state index contributed by atoms with van der Waals surface area (Å²) < 4.78 is 0. The van der Waals surface area contributed by atoms with Crippen molar-refractivity contribution >= 4 is 21.8 Å². The summed E-state index contributed by atoms with van der Waals surface area (Å²) >= 11 is 3.52. The molecule has 4 aliphatic carbocycles. The van der Waals surface area contributed by atoms with Crippen LogP contribution < -0.4 is 0 Å². The number of halogens is 1. The van der Waals surface area contributed by atoms with E-state index in [0.717, 1.165) is 48.5 Å². The molecule has 4 aliphatic rings. The molecule has 0 atom stereocenters. The lowest BCUT2D eigenvalue weighted by molar-refractivity contribution is -0.148. The van der Waals surface area contributed by atoms with Gasteiger partial charge in [0.05, 0.1) is 0 Å². The van der Waals surface area contributed by atoms with Gasteiger partial charge in [-0.1, -0.05) is 29.3 Å². The Balaban J connectivity index is 1.68. The number of unbranched alkanes of at least 4 members (excludes halogenated alkanes) is 1. The number of hydrogen-bond donors (Lipinski definition) is 0. The SMILES string of the molecule is CCCCN(CCBr)C(=O)C1C2CC3CC(C2)CC1C3. The van der Waals surface area contributed by atoms with Crippen molar-refractivity contribution in [3.05, 3.63) is 0 Å².